The minimum Gasteiger partial charge on any atom is -0.490 e. The van der Waals surface area contributed by atoms with Crippen LogP contribution in [0.25, 0.3) is 10.9 Å². The number of nitrogens with zero attached hydrogens (tertiary/aromatic N) is 1. The van der Waals surface area contributed by atoms with Crippen LogP contribution in [0.3, 0.4) is 0 Å². The van der Waals surface area contributed by atoms with Crippen LogP contribution >= 0.6 is 0 Å². The molecule has 0 saturated heterocycles. The molecule has 3 aromatic rings. The van der Waals surface area contributed by atoms with Gasteiger partial charge in [-0.2, -0.15) is 0 Å². The number of hydrogen-bond donors (Lipinski definition) is 0. The number of aromatic nitrogens is 1. The van der Waals surface area contributed by atoms with E-state index in [0.717, 1.165) is 52.7 Å². The summed E-state index contributed by atoms with van der Waals surface area (Å²) in [6.45, 7) is 2.02. The molecule has 0 radical (unpaired) electrons. The molecule has 4 heteroatoms. The van der Waals surface area contributed by atoms with E-state index >= 15 is 0 Å². The van der Waals surface area contributed by atoms with E-state index < -0.39 is 0 Å². The van der Waals surface area contributed by atoms with Crippen molar-refractivity contribution in [1.29, 1.82) is 0 Å². The summed E-state index contributed by atoms with van der Waals surface area (Å²) in [5, 5.41) is 0.999. The monoisotopic (exact) mass is 361 g/mol. The van der Waals surface area contributed by atoms with Crippen LogP contribution in [0.5, 0.6) is 17.4 Å². The van der Waals surface area contributed by atoms with Gasteiger partial charge in [0, 0.05) is 17.9 Å². The summed E-state index contributed by atoms with van der Waals surface area (Å²) in [5.41, 5.74) is 2.86. The maximum absolute atomic E-state index is 10.7. The van der Waals surface area contributed by atoms with Crippen molar-refractivity contribution >= 4 is 17.2 Å². The van der Waals surface area contributed by atoms with Crippen molar-refractivity contribution in [2.45, 2.75) is 45.1 Å². The van der Waals surface area contributed by atoms with Crippen LogP contribution in [0.1, 0.15) is 36.8 Å². The summed E-state index contributed by atoms with van der Waals surface area (Å²) in [5.74, 6) is 2.23. The number of pyridine rings is 1. The van der Waals surface area contributed by atoms with Gasteiger partial charge in [-0.15, -0.1) is 0 Å². The molecule has 2 aromatic carbocycles. The molecule has 1 fully saturated rings. The zero-order valence-electron chi connectivity index (χ0n) is 15.5. The van der Waals surface area contributed by atoms with Crippen molar-refractivity contribution in [1.82, 2.24) is 4.98 Å². The van der Waals surface area contributed by atoms with Crippen LogP contribution in [0.4, 0.5) is 0 Å². The second-order valence-electron chi connectivity index (χ2n) is 7.10. The molecule has 0 aliphatic heterocycles. The number of aldehydes is 1. The predicted octanol–water partition coefficient (Wildman–Crippen LogP) is 5.40. The van der Waals surface area contributed by atoms with Crippen LogP contribution in [-0.2, 0) is 11.2 Å². The minimum absolute atomic E-state index is 0.349. The second-order valence-corrected chi connectivity index (χ2v) is 7.10. The third kappa shape index (κ3) is 4.11. The Morgan fingerprint density at radius 1 is 1.07 bits per heavy atom. The standard InChI is InChI=1S/C23H23NO3/c1-16-14-20(26-19-4-2-3-5-19)8-10-22(16)27-23-11-7-18-15-17(12-13-25)6-9-21(18)24-23/h6-11,13-15,19H,2-5,12H2,1H3. The smallest absolute Gasteiger partial charge is 0.219 e. The van der Waals surface area contributed by atoms with Gasteiger partial charge in [0.1, 0.15) is 17.8 Å². The van der Waals surface area contributed by atoms with E-state index in [4.69, 9.17) is 9.47 Å². The highest BCUT2D eigenvalue weighted by molar-refractivity contribution is 5.80. The van der Waals surface area contributed by atoms with Gasteiger partial charge in [0.15, 0.2) is 0 Å². The number of ether oxygens (including phenoxy) is 2. The molecular weight excluding hydrogens is 338 g/mol. The first-order valence-electron chi connectivity index (χ1n) is 9.50. The fourth-order valence-electron chi connectivity index (χ4n) is 3.56. The third-order valence-corrected chi connectivity index (χ3v) is 5.01. The molecule has 1 aromatic heterocycles. The van der Waals surface area contributed by atoms with Crippen LogP contribution in [-0.4, -0.2) is 17.4 Å². The lowest BCUT2D eigenvalue weighted by atomic mass is 10.1. The van der Waals surface area contributed by atoms with Gasteiger partial charge in [0.2, 0.25) is 5.88 Å². The van der Waals surface area contributed by atoms with E-state index in [1.54, 1.807) is 0 Å². The molecule has 1 aliphatic carbocycles. The Bertz CT molecular complexity index is 961. The first kappa shape index (κ1) is 17.5. The lowest BCUT2D eigenvalue weighted by Crippen LogP contribution is -2.10. The van der Waals surface area contributed by atoms with Crippen molar-refractivity contribution < 1.29 is 14.3 Å². The number of benzene rings is 2. The summed E-state index contributed by atoms with van der Waals surface area (Å²) in [6.07, 6.45) is 6.49. The van der Waals surface area contributed by atoms with Gasteiger partial charge in [0.25, 0.3) is 0 Å². The van der Waals surface area contributed by atoms with Gasteiger partial charge in [-0.05, 0) is 80.1 Å². The van der Waals surface area contributed by atoms with Gasteiger partial charge in [0.05, 0.1) is 11.6 Å². The van der Waals surface area contributed by atoms with Gasteiger partial charge in [-0.3, -0.25) is 0 Å². The third-order valence-electron chi connectivity index (χ3n) is 5.01. The summed E-state index contributed by atoms with van der Waals surface area (Å²) in [4.78, 5) is 15.3. The van der Waals surface area contributed by atoms with Crippen molar-refractivity contribution in [2.75, 3.05) is 0 Å². The Morgan fingerprint density at radius 3 is 2.70 bits per heavy atom. The van der Waals surface area contributed by atoms with Crippen molar-refractivity contribution in [3.63, 3.8) is 0 Å². The summed E-state index contributed by atoms with van der Waals surface area (Å²) in [7, 11) is 0. The van der Waals surface area contributed by atoms with Crippen LogP contribution in [0, 0.1) is 6.92 Å². The van der Waals surface area contributed by atoms with E-state index in [0.29, 0.717) is 18.4 Å². The highest BCUT2D eigenvalue weighted by Gasteiger charge is 2.17. The fourth-order valence-corrected chi connectivity index (χ4v) is 3.56. The molecule has 0 atom stereocenters. The molecule has 0 bridgehead atoms. The quantitative estimate of drug-likeness (QED) is 0.552. The molecular formula is C23H23NO3. The van der Waals surface area contributed by atoms with Gasteiger partial charge < -0.3 is 14.3 Å². The highest BCUT2D eigenvalue weighted by Crippen LogP contribution is 2.30. The Kier molecular flexibility index (Phi) is 5.05. The molecule has 1 saturated carbocycles. The molecule has 1 heterocycles. The Hall–Kier alpha value is -2.88. The fraction of sp³-hybridized carbons (Fsp3) is 0.304. The van der Waals surface area contributed by atoms with E-state index in [1.807, 2.05) is 55.5 Å². The molecule has 0 unspecified atom stereocenters. The zero-order valence-corrected chi connectivity index (χ0v) is 15.5. The van der Waals surface area contributed by atoms with Gasteiger partial charge in [-0.1, -0.05) is 6.07 Å². The summed E-state index contributed by atoms with van der Waals surface area (Å²) >= 11 is 0. The molecule has 4 rings (SSSR count). The largest absolute Gasteiger partial charge is 0.490 e. The number of hydrogen-bond acceptors (Lipinski definition) is 4. The van der Waals surface area contributed by atoms with E-state index in [9.17, 15) is 4.79 Å². The number of rotatable bonds is 6. The number of aryl methyl sites for hydroxylation is 1. The number of fused-ring (bicyclic) bond motifs is 1. The second kappa shape index (κ2) is 7.78. The maximum Gasteiger partial charge on any atom is 0.219 e. The van der Waals surface area contributed by atoms with Crippen LogP contribution in [0.2, 0.25) is 0 Å². The Morgan fingerprint density at radius 2 is 1.93 bits per heavy atom. The predicted molar refractivity (Wildman–Crippen MR) is 106 cm³/mol. The summed E-state index contributed by atoms with van der Waals surface area (Å²) < 4.78 is 12.1. The van der Waals surface area contributed by atoms with Crippen molar-refractivity contribution in [3.05, 3.63) is 59.7 Å². The maximum atomic E-state index is 10.7. The van der Waals surface area contributed by atoms with Crippen molar-refractivity contribution in [2.24, 2.45) is 0 Å². The average molecular weight is 361 g/mol. The molecule has 0 spiro atoms. The van der Waals surface area contributed by atoms with Crippen LogP contribution < -0.4 is 9.47 Å². The van der Waals surface area contributed by atoms with Crippen LogP contribution in [0.15, 0.2) is 48.5 Å². The minimum atomic E-state index is 0.349. The van der Waals surface area contributed by atoms with Gasteiger partial charge >= 0.3 is 0 Å². The Balaban J connectivity index is 1.50. The Labute approximate surface area is 159 Å². The summed E-state index contributed by atoms with van der Waals surface area (Å²) in [6, 6.07) is 15.6. The highest BCUT2D eigenvalue weighted by atomic mass is 16.5. The lowest BCUT2D eigenvalue weighted by Gasteiger charge is -2.15. The van der Waals surface area contributed by atoms with E-state index in [-0.39, 0.29) is 0 Å². The normalized spacial score (nSPS) is 14.4. The van der Waals surface area contributed by atoms with E-state index in [2.05, 4.69) is 4.98 Å². The first-order chi connectivity index (χ1) is 13.2. The molecule has 0 amide bonds. The van der Waals surface area contributed by atoms with Gasteiger partial charge in [-0.25, -0.2) is 4.98 Å². The SMILES string of the molecule is Cc1cc(OC2CCCC2)ccc1Oc1ccc2cc(CC=O)ccc2n1. The zero-order chi connectivity index (χ0) is 18.6. The molecule has 4 nitrogen and oxygen atoms in total. The molecule has 1 aliphatic rings. The average Bonchev–Trinajstić information content (AvgIpc) is 3.17. The molecule has 0 N–H and O–H groups in total. The van der Waals surface area contributed by atoms with Crippen molar-refractivity contribution in [3.8, 4) is 17.4 Å². The first-order valence-corrected chi connectivity index (χ1v) is 9.50. The number of carbonyl (C=O) groups is 1. The molecule has 138 valence electrons. The topological polar surface area (TPSA) is 48.4 Å². The lowest BCUT2D eigenvalue weighted by molar-refractivity contribution is -0.107. The molecule has 27 heavy (non-hydrogen) atoms. The van der Waals surface area contributed by atoms with E-state index in [1.165, 1.54) is 12.8 Å². The number of carbonyl (C=O) groups excluding carboxylic acids is 1.